The summed E-state index contributed by atoms with van der Waals surface area (Å²) in [5, 5.41) is 10.7. The second kappa shape index (κ2) is 8.08. The molecule has 7 heteroatoms. The Hall–Kier alpha value is -1.92. The zero-order valence-corrected chi connectivity index (χ0v) is 13.9. The summed E-state index contributed by atoms with van der Waals surface area (Å²) in [6, 6.07) is 5.83. The largest absolute Gasteiger partial charge is 0.344 e. The van der Waals surface area contributed by atoms with Gasteiger partial charge in [-0.1, -0.05) is 6.07 Å². The van der Waals surface area contributed by atoms with Crippen LogP contribution >= 0.6 is 12.4 Å². The Morgan fingerprint density at radius 2 is 2.35 bits per heavy atom. The number of pyridine rings is 1. The maximum atomic E-state index is 12.3. The molecule has 3 heterocycles. The second-order valence-electron chi connectivity index (χ2n) is 5.66. The van der Waals surface area contributed by atoms with Crippen LogP contribution in [-0.4, -0.2) is 33.8 Å². The molecule has 0 saturated carbocycles. The average Bonchev–Trinajstić information content (AvgIpc) is 3.06. The van der Waals surface area contributed by atoms with Gasteiger partial charge in [0.15, 0.2) is 0 Å². The highest BCUT2D eigenvalue weighted by Crippen LogP contribution is 2.16. The quantitative estimate of drug-likeness (QED) is 0.897. The minimum Gasteiger partial charge on any atom is -0.344 e. The molecule has 2 atom stereocenters. The molecule has 0 radical (unpaired) electrons. The van der Waals surface area contributed by atoms with Gasteiger partial charge in [0.25, 0.3) is 5.91 Å². The van der Waals surface area contributed by atoms with Crippen molar-refractivity contribution < 1.29 is 4.79 Å². The van der Waals surface area contributed by atoms with Gasteiger partial charge < -0.3 is 10.6 Å². The molecule has 0 spiro atoms. The molecule has 2 aromatic rings. The van der Waals surface area contributed by atoms with E-state index in [4.69, 9.17) is 0 Å². The molecule has 1 saturated heterocycles. The van der Waals surface area contributed by atoms with Crippen LogP contribution in [0.15, 0.2) is 36.8 Å². The molecule has 1 fully saturated rings. The summed E-state index contributed by atoms with van der Waals surface area (Å²) in [6.45, 7) is 3.92. The van der Waals surface area contributed by atoms with E-state index in [1.54, 1.807) is 18.5 Å². The van der Waals surface area contributed by atoms with Crippen molar-refractivity contribution >= 4 is 18.3 Å². The average molecular weight is 336 g/mol. The molecule has 2 N–H and O–H groups in total. The number of hydrogen-bond donors (Lipinski definition) is 2. The SMILES string of the molecule is CC(NC(=O)c1ccn(C2CCCNC2)n1)c1cccnc1.Cl. The fourth-order valence-electron chi connectivity index (χ4n) is 2.71. The molecule has 6 nitrogen and oxygen atoms in total. The molecule has 2 unspecified atom stereocenters. The molecule has 0 aliphatic carbocycles. The number of hydrogen-bond acceptors (Lipinski definition) is 4. The molecular formula is C16H22ClN5O. The van der Waals surface area contributed by atoms with Gasteiger partial charge in [-0.3, -0.25) is 14.5 Å². The highest BCUT2D eigenvalue weighted by molar-refractivity contribution is 5.92. The van der Waals surface area contributed by atoms with Gasteiger partial charge in [0.2, 0.25) is 0 Å². The van der Waals surface area contributed by atoms with Gasteiger partial charge in [0, 0.05) is 25.1 Å². The number of nitrogens with zero attached hydrogens (tertiary/aromatic N) is 3. The van der Waals surface area contributed by atoms with Crippen LogP contribution in [0.4, 0.5) is 0 Å². The fourth-order valence-corrected chi connectivity index (χ4v) is 2.71. The van der Waals surface area contributed by atoms with E-state index in [9.17, 15) is 4.79 Å². The lowest BCUT2D eigenvalue weighted by Gasteiger charge is -2.22. The minimum atomic E-state index is -0.154. The summed E-state index contributed by atoms with van der Waals surface area (Å²) in [6.07, 6.45) is 7.61. The lowest BCUT2D eigenvalue weighted by atomic mass is 10.1. The molecule has 0 bridgehead atoms. The molecular weight excluding hydrogens is 314 g/mol. The maximum absolute atomic E-state index is 12.3. The van der Waals surface area contributed by atoms with Crippen molar-refractivity contribution in [1.82, 2.24) is 25.4 Å². The first kappa shape index (κ1) is 17.4. The van der Waals surface area contributed by atoms with Crippen molar-refractivity contribution in [1.29, 1.82) is 0 Å². The summed E-state index contributed by atoms with van der Waals surface area (Å²) in [5.41, 5.74) is 1.44. The van der Waals surface area contributed by atoms with Crippen LogP contribution in [0.3, 0.4) is 0 Å². The van der Waals surface area contributed by atoms with E-state index < -0.39 is 0 Å². The van der Waals surface area contributed by atoms with E-state index in [-0.39, 0.29) is 24.4 Å². The van der Waals surface area contributed by atoms with Gasteiger partial charge in [0.05, 0.1) is 12.1 Å². The lowest BCUT2D eigenvalue weighted by Crippen LogP contribution is -2.32. The summed E-state index contributed by atoms with van der Waals surface area (Å²) in [4.78, 5) is 16.4. The monoisotopic (exact) mass is 335 g/mol. The maximum Gasteiger partial charge on any atom is 0.272 e. The van der Waals surface area contributed by atoms with Crippen LogP contribution in [0.2, 0.25) is 0 Å². The summed E-state index contributed by atoms with van der Waals surface area (Å²) in [7, 11) is 0. The van der Waals surface area contributed by atoms with Crippen molar-refractivity contribution in [3.8, 4) is 0 Å². The van der Waals surface area contributed by atoms with Crippen LogP contribution in [0.25, 0.3) is 0 Å². The van der Waals surface area contributed by atoms with Crippen LogP contribution in [0.5, 0.6) is 0 Å². The number of piperidine rings is 1. The standard InChI is InChI=1S/C16H21N5O.ClH/c1-12(13-4-2-7-17-10-13)19-16(22)15-6-9-21(20-15)14-5-3-8-18-11-14;/h2,4,6-7,9-10,12,14,18H,3,5,8,11H2,1H3,(H,19,22);1H. The van der Waals surface area contributed by atoms with E-state index in [1.807, 2.05) is 29.9 Å². The zero-order chi connectivity index (χ0) is 15.4. The summed E-state index contributed by atoms with van der Waals surface area (Å²) in [5.74, 6) is -0.154. The number of amides is 1. The Kier molecular flexibility index (Phi) is 6.12. The number of aromatic nitrogens is 3. The van der Waals surface area contributed by atoms with E-state index in [0.717, 1.165) is 31.5 Å². The Morgan fingerprint density at radius 3 is 3.04 bits per heavy atom. The van der Waals surface area contributed by atoms with Crippen molar-refractivity contribution in [3.63, 3.8) is 0 Å². The van der Waals surface area contributed by atoms with Gasteiger partial charge in [-0.15, -0.1) is 12.4 Å². The molecule has 1 aliphatic heterocycles. The zero-order valence-electron chi connectivity index (χ0n) is 13.1. The van der Waals surface area contributed by atoms with E-state index in [1.165, 1.54) is 0 Å². The number of carbonyl (C=O) groups excluding carboxylic acids is 1. The number of carbonyl (C=O) groups is 1. The Morgan fingerprint density at radius 1 is 1.48 bits per heavy atom. The number of rotatable bonds is 4. The van der Waals surface area contributed by atoms with Gasteiger partial charge in [0.1, 0.15) is 5.69 Å². The predicted octanol–water partition coefficient (Wildman–Crippen LogP) is 2.12. The molecule has 23 heavy (non-hydrogen) atoms. The molecule has 2 aromatic heterocycles. The first-order chi connectivity index (χ1) is 10.7. The van der Waals surface area contributed by atoms with Gasteiger partial charge in [-0.05, 0) is 44.0 Å². The first-order valence-corrected chi connectivity index (χ1v) is 7.70. The molecule has 0 aromatic carbocycles. The summed E-state index contributed by atoms with van der Waals surface area (Å²) < 4.78 is 1.90. The Bertz CT molecular complexity index is 624. The van der Waals surface area contributed by atoms with Crippen molar-refractivity contribution in [2.75, 3.05) is 13.1 Å². The fraction of sp³-hybridized carbons (Fsp3) is 0.438. The van der Waals surface area contributed by atoms with Gasteiger partial charge in [-0.25, -0.2) is 0 Å². The summed E-state index contributed by atoms with van der Waals surface area (Å²) >= 11 is 0. The van der Waals surface area contributed by atoms with Crippen molar-refractivity contribution in [3.05, 3.63) is 48.0 Å². The number of nitrogens with one attached hydrogen (secondary N) is 2. The molecule has 124 valence electrons. The Balaban J connectivity index is 0.00000192. The van der Waals surface area contributed by atoms with Gasteiger partial charge >= 0.3 is 0 Å². The topological polar surface area (TPSA) is 71.8 Å². The predicted molar refractivity (Wildman–Crippen MR) is 90.7 cm³/mol. The first-order valence-electron chi connectivity index (χ1n) is 7.70. The van der Waals surface area contributed by atoms with Crippen LogP contribution in [0, 0.1) is 0 Å². The minimum absolute atomic E-state index is 0. The van der Waals surface area contributed by atoms with E-state index in [2.05, 4.69) is 20.7 Å². The molecule has 1 amide bonds. The lowest BCUT2D eigenvalue weighted by molar-refractivity contribution is 0.0933. The third kappa shape index (κ3) is 4.30. The van der Waals surface area contributed by atoms with E-state index >= 15 is 0 Å². The second-order valence-corrected chi connectivity index (χ2v) is 5.66. The third-order valence-corrected chi connectivity index (χ3v) is 4.02. The normalized spacial score (nSPS) is 18.7. The van der Waals surface area contributed by atoms with E-state index in [0.29, 0.717) is 11.7 Å². The van der Waals surface area contributed by atoms with Crippen molar-refractivity contribution in [2.45, 2.75) is 31.8 Å². The highest BCUT2D eigenvalue weighted by atomic mass is 35.5. The van der Waals surface area contributed by atoms with Crippen LogP contribution in [0.1, 0.15) is 47.9 Å². The van der Waals surface area contributed by atoms with Crippen LogP contribution < -0.4 is 10.6 Å². The van der Waals surface area contributed by atoms with Gasteiger partial charge in [-0.2, -0.15) is 5.10 Å². The number of halogens is 1. The van der Waals surface area contributed by atoms with Crippen LogP contribution in [-0.2, 0) is 0 Å². The molecule has 1 aliphatic rings. The van der Waals surface area contributed by atoms with Crippen molar-refractivity contribution in [2.24, 2.45) is 0 Å². The molecule has 3 rings (SSSR count). The third-order valence-electron chi connectivity index (χ3n) is 4.02. The Labute approximate surface area is 142 Å². The smallest absolute Gasteiger partial charge is 0.272 e. The highest BCUT2D eigenvalue weighted by Gasteiger charge is 2.18.